The first-order valence-corrected chi connectivity index (χ1v) is 22.1. The van der Waals surface area contributed by atoms with Crippen LogP contribution in [0.3, 0.4) is 0 Å². The molecule has 14 heteroatoms. The summed E-state index contributed by atoms with van der Waals surface area (Å²) in [5.74, 6) is 2.69. The first-order valence-electron chi connectivity index (χ1n) is 20.3. The second-order valence-corrected chi connectivity index (χ2v) is 16.6. The summed E-state index contributed by atoms with van der Waals surface area (Å²) < 4.78 is 22.6. The van der Waals surface area contributed by atoms with Crippen LogP contribution in [0.25, 0.3) is 22.0 Å². The summed E-state index contributed by atoms with van der Waals surface area (Å²) in [6.45, 7) is 4.65. The predicted octanol–water partition coefficient (Wildman–Crippen LogP) is 10.0. The van der Waals surface area contributed by atoms with E-state index < -0.39 is 0 Å². The van der Waals surface area contributed by atoms with Crippen molar-refractivity contribution in [2.45, 2.75) is 51.7 Å². The number of carbonyl (C=O) groups excluding carboxylic acids is 2. The van der Waals surface area contributed by atoms with E-state index in [4.69, 9.17) is 24.2 Å². The number of aromatic nitrogens is 3. The average Bonchev–Trinajstić information content (AvgIpc) is 4.04. The first kappa shape index (κ1) is 42.1. The van der Waals surface area contributed by atoms with Gasteiger partial charge in [0, 0.05) is 54.7 Å². The molecular formula is C46H48N6O6S2. The molecule has 0 unspecified atom stereocenters. The zero-order chi connectivity index (χ0) is 41.4. The third-order valence-electron chi connectivity index (χ3n) is 10.7. The van der Waals surface area contributed by atoms with Gasteiger partial charge < -0.3 is 28.7 Å². The minimum atomic E-state index is -0.268. The Morgan fingerprint density at radius 2 is 1.23 bits per heavy atom. The summed E-state index contributed by atoms with van der Waals surface area (Å²) >= 11 is 2.98. The van der Waals surface area contributed by atoms with Gasteiger partial charge in [0.1, 0.15) is 52.0 Å². The molecule has 2 saturated heterocycles. The number of likely N-dealkylation sites (tertiary alicyclic amines) is 2. The Hall–Kier alpha value is -6.04. The van der Waals surface area contributed by atoms with Gasteiger partial charge in [-0.15, -0.1) is 22.7 Å². The number of fused-ring (bicyclic) bond motifs is 1. The summed E-state index contributed by atoms with van der Waals surface area (Å²) in [5.41, 5.74) is 3.50. The number of carbonyl (C=O) groups is 2. The van der Waals surface area contributed by atoms with Gasteiger partial charge in [-0.25, -0.2) is 24.5 Å². The molecule has 0 atom stereocenters. The molecule has 2 fully saturated rings. The third-order valence-corrected chi connectivity index (χ3v) is 12.2. The Balaban J connectivity index is 0.000000181. The van der Waals surface area contributed by atoms with E-state index in [1.54, 1.807) is 28.3 Å². The maximum absolute atomic E-state index is 12.2. The Bertz CT molecular complexity index is 2270. The molecule has 8 rings (SSSR count). The van der Waals surface area contributed by atoms with Crippen LogP contribution in [-0.2, 0) is 22.7 Å². The lowest BCUT2D eigenvalue weighted by Gasteiger charge is -2.31. The summed E-state index contributed by atoms with van der Waals surface area (Å²) in [6.07, 6.45) is 8.68. The molecule has 3 aromatic heterocycles. The average molecular weight is 845 g/mol. The van der Waals surface area contributed by atoms with Gasteiger partial charge in [0.2, 0.25) is 0 Å². The number of benzene rings is 3. The summed E-state index contributed by atoms with van der Waals surface area (Å²) in [7, 11) is 0. The molecule has 0 radical (unpaired) electrons. The largest absolute Gasteiger partial charge is 0.494 e. The fourth-order valence-corrected chi connectivity index (χ4v) is 8.29. The van der Waals surface area contributed by atoms with Crippen LogP contribution in [0.15, 0.2) is 108 Å². The number of pyridine rings is 1. The van der Waals surface area contributed by atoms with E-state index in [-0.39, 0.29) is 25.4 Å². The summed E-state index contributed by atoms with van der Waals surface area (Å²) in [5, 5.41) is 15.4. The van der Waals surface area contributed by atoms with Crippen LogP contribution in [0.2, 0.25) is 0 Å². The number of amides is 2. The van der Waals surface area contributed by atoms with E-state index >= 15 is 0 Å². The van der Waals surface area contributed by atoms with Gasteiger partial charge in [-0.05, 0) is 91.8 Å². The number of hydrogen-bond donors (Lipinski definition) is 0. The van der Waals surface area contributed by atoms with E-state index in [0.717, 1.165) is 72.8 Å². The fraction of sp³-hybridized carbons (Fsp3) is 0.348. The van der Waals surface area contributed by atoms with Crippen LogP contribution in [-0.4, -0.2) is 76.3 Å². The molecule has 2 aliphatic rings. The zero-order valence-corrected chi connectivity index (χ0v) is 35.0. The second-order valence-electron chi connectivity index (χ2n) is 14.6. The molecular weight excluding hydrogens is 797 g/mol. The van der Waals surface area contributed by atoms with Gasteiger partial charge in [-0.2, -0.15) is 5.26 Å². The molecule has 0 aliphatic carbocycles. The van der Waals surface area contributed by atoms with Crippen molar-refractivity contribution in [1.29, 1.82) is 5.26 Å². The van der Waals surface area contributed by atoms with Gasteiger partial charge in [-0.3, -0.25) is 0 Å². The normalized spacial score (nSPS) is 14.4. The van der Waals surface area contributed by atoms with Crippen LogP contribution in [0.4, 0.5) is 9.59 Å². The summed E-state index contributed by atoms with van der Waals surface area (Å²) in [4.78, 5) is 40.6. The van der Waals surface area contributed by atoms with Crippen LogP contribution >= 0.6 is 22.7 Å². The van der Waals surface area contributed by atoms with Crippen molar-refractivity contribution in [2.24, 2.45) is 11.8 Å². The maximum atomic E-state index is 12.2. The van der Waals surface area contributed by atoms with Crippen molar-refractivity contribution in [1.82, 2.24) is 24.8 Å². The molecule has 60 heavy (non-hydrogen) atoms. The Morgan fingerprint density at radius 1 is 0.667 bits per heavy atom. The maximum Gasteiger partial charge on any atom is 0.410 e. The summed E-state index contributed by atoms with van der Waals surface area (Å²) in [6, 6.07) is 30.0. The number of nitrogens with zero attached hydrogens (tertiary/aromatic N) is 6. The van der Waals surface area contributed by atoms with E-state index in [0.29, 0.717) is 55.1 Å². The number of para-hydroxylation sites is 1. The van der Waals surface area contributed by atoms with Crippen molar-refractivity contribution in [2.75, 3.05) is 39.4 Å². The molecule has 3 aromatic carbocycles. The van der Waals surface area contributed by atoms with Gasteiger partial charge >= 0.3 is 12.2 Å². The van der Waals surface area contributed by atoms with Crippen LogP contribution in [0.5, 0.6) is 11.5 Å². The molecule has 0 N–H and O–H groups in total. The van der Waals surface area contributed by atoms with Crippen molar-refractivity contribution in [3.63, 3.8) is 0 Å². The predicted molar refractivity (Wildman–Crippen MR) is 232 cm³/mol. The van der Waals surface area contributed by atoms with Crippen LogP contribution in [0, 0.1) is 23.2 Å². The van der Waals surface area contributed by atoms with E-state index in [1.807, 2.05) is 65.4 Å². The van der Waals surface area contributed by atoms with Crippen molar-refractivity contribution in [3.05, 3.63) is 124 Å². The molecule has 6 aromatic rings. The van der Waals surface area contributed by atoms with E-state index in [1.165, 1.54) is 33.8 Å². The highest BCUT2D eigenvalue weighted by Gasteiger charge is 2.25. The smallest absolute Gasteiger partial charge is 0.410 e. The number of nitriles is 1. The standard InChI is InChI=1S/C24H26N2O3S.C22H22N4O3S/c27-24(29-18-23-25-13-17-30-23)26-14-10-19(11-15-26)12-16-28-22-8-6-21(7-9-22)20-4-2-1-3-5-20;23-14-18-5-4-17-2-1-3-19(21(17)25-18)28-12-8-16-6-10-26(11-7-16)22(27)29-15-20-24-9-13-30-20/h1-9,13,17,19H,10-12,14-16,18H2;1-5,9,13,16H,6-8,10-12,15H2. The highest BCUT2D eigenvalue weighted by molar-refractivity contribution is 7.09. The molecule has 2 aliphatic heterocycles. The van der Waals surface area contributed by atoms with Gasteiger partial charge in [-0.1, -0.05) is 54.6 Å². The number of hydrogen-bond acceptors (Lipinski definition) is 12. The number of ether oxygens (including phenoxy) is 4. The number of piperidine rings is 2. The number of rotatable bonds is 13. The second kappa shape index (κ2) is 21.8. The molecule has 0 bridgehead atoms. The van der Waals surface area contributed by atoms with E-state index in [2.05, 4.69) is 45.3 Å². The van der Waals surface area contributed by atoms with Crippen molar-refractivity contribution in [3.8, 4) is 28.7 Å². The van der Waals surface area contributed by atoms with Crippen molar-refractivity contribution < 1.29 is 28.5 Å². The van der Waals surface area contributed by atoms with Crippen molar-refractivity contribution >= 4 is 45.8 Å². The fourth-order valence-electron chi connectivity index (χ4n) is 7.24. The molecule has 5 heterocycles. The Kier molecular flexibility index (Phi) is 15.3. The van der Waals surface area contributed by atoms with Gasteiger partial charge in [0.15, 0.2) is 0 Å². The van der Waals surface area contributed by atoms with Crippen LogP contribution in [0.1, 0.15) is 54.2 Å². The van der Waals surface area contributed by atoms with E-state index in [9.17, 15) is 9.59 Å². The quantitative estimate of drug-likeness (QED) is 0.110. The first-order chi connectivity index (χ1) is 29.5. The zero-order valence-electron chi connectivity index (χ0n) is 33.4. The van der Waals surface area contributed by atoms with Gasteiger partial charge in [0.25, 0.3) is 0 Å². The lowest BCUT2D eigenvalue weighted by molar-refractivity contribution is 0.0792. The Labute approximate surface area is 358 Å². The molecule has 0 spiro atoms. The Morgan fingerprint density at radius 3 is 1.78 bits per heavy atom. The molecule has 310 valence electrons. The number of thiazole rings is 2. The minimum absolute atomic E-state index is 0.233. The lowest BCUT2D eigenvalue weighted by atomic mass is 9.94. The lowest BCUT2D eigenvalue weighted by Crippen LogP contribution is -2.39. The molecule has 0 saturated carbocycles. The monoisotopic (exact) mass is 844 g/mol. The third kappa shape index (κ3) is 12.2. The SMILES string of the molecule is N#Cc1ccc2cccc(OCCC3CCN(C(=O)OCc4nccs4)CC3)c2n1.O=C(OCc1nccs1)N1CCC(CCOc2ccc(-c3ccccc3)cc2)CC1. The highest BCUT2D eigenvalue weighted by atomic mass is 32.1. The topological polar surface area (TPSA) is 140 Å². The minimum Gasteiger partial charge on any atom is -0.494 e. The van der Waals surface area contributed by atoms with Crippen LogP contribution < -0.4 is 9.47 Å². The highest BCUT2D eigenvalue weighted by Crippen LogP contribution is 2.27. The van der Waals surface area contributed by atoms with Gasteiger partial charge in [0.05, 0.1) is 13.2 Å². The molecule has 2 amide bonds. The molecule has 12 nitrogen and oxygen atoms in total.